The van der Waals surface area contributed by atoms with Gasteiger partial charge in [0.15, 0.2) is 17.5 Å². The van der Waals surface area contributed by atoms with E-state index in [0.717, 1.165) is 82.9 Å². The van der Waals surface area contributed by atoms with E-state index in [-0.39, 0.29) is 0 Å². The van der Waals surface area contributed by atoms with Crippen LogP contribution in [0.1, 0.15) is 0 Å². The summed E-state index contributed by atoms with van der Waals surface area (Å²) >= 11 is 0. The van der Waals surface area contributed by atoms with E-state index in [0.29, 0.717) is 17.5 Å². The van der Waals surface area contributed by atoms with E-state index in [9.17, 15) is 0 Å². The van der Waals surface area contributed by atoms with E-state index in [1.165, 1.54) is 16.2 Å². The van der Waals surface area contributed by atoms with Crippen LogP contribution in [0.5, 0.6) is 0 Å². The molecule has 12 aromatic rings. The molecule has 61 heavy (non-hydrogen) atoms. The first-order chi connectivity index (χ1) is 30.3. The molecule has 0 atom stereocenters. The molecule has 0 fully saturated rings. The molecule has 0 aliphatic heterocycles. The first-order valence-corrected chi connectivity index (χ1v) is 20.6. The van der Waals surface area contributed by atoms with Gasteiger partial charge in [0.05, 0.1) is 22.2 Å². The van der Waals surface area contributed by atoms with Crippen molar-refractivity contribution >= 4 is 54.3 Å². The minimum Gasteiger partial charge on any atom is -0.309 e. The summed E-state index contributed by atoms with van der Waals surface area (Å²) in [6.45, 7) is 0. The minimum atomic E-state index is 0.631. The number of benzene rings is 9. The van der Waals surface area contributed by atoms with Crippen molar-refractivity contribution < 1.29 is 0 Å². The molecule has 3 aromatic heterocycles. The van der Waals surface area contributed by atoms with E-state index in [1.807, 2.05) is 60.7 Å². The highest BCUT2D eigenvalue weighted by Gasteiger charge is 2.23. The van der Waals surface area contributed by atoms with Gasteiger partial charge in [0.2, 0.25) is 0 Å². The minimum absolute atomic E-state index is 0.631. The van der Waals surface area contributed by atoms with Crippen LogP contribution in [0.25, 0.3) is 116 Å². The lowest BCUT2D eigenvalue weighted by molar-refractivity contribution is 1.08. The third-order valence-electron chi connectivity index (χ3n) is 11.8. The van der Waals surface area contributed by atoms with Crippen LogP contribution in [-0.2, 0) is 0 Å². The lowest BCUT2D eigenvalue weighted by Gasteiger charge is -2.15. The second kappa shape index (κ2) is 14.2. The third kappa shape index (κ3) is 5.70. The summed E-state index contributed by atoms with van der Waals surface area (Å²) < 4.78 is 2.44. The maximum atomic E-state index is 5.40. The van der Waals surface area contributed by atoms with Crippen molar-refractivity contribution in [2.45, 2.75) is 0 Å². The van der Waals surface area contributed by atoms with Crippen molar-refractivity contribution in [3.8, 4) is 62.2 Å². The van der Waals surface area contributed by atoms with Crippen molar-refractivity contribution in [2.24, 2.45) is 0 Å². The third-order valence-corrected chi connectivity index (χ3v) is 11.8. The Morgan fingerprint density at radius 3 is 1.49 bits per heavy atom. The fourth-order valence-corrected chi connectivity index (χ4v) is 9.13. The number of aromatic nitrogens is 5. The van der Waals surface area contributed by atoms with Crippen LogP contribution >= 0.6 is 0 Å². The maximum absolute atomic E-state index is 5.40. The normalized spacial score (nSPS) is 11.6. The van der Waals surface area contributed by atoms with Gasteiger partial charge in [-0.15, -0.1) is 0 Å². The first-order valence-electron chi connectivity index (χ1n) is 20.6. The lowest BCUT2D eigenvalue weighted by Crippen LogP contribution is -2.01. The average molecular weight is 778 g/mol. The topological polar surface area (TPSA) is 56.5 Å². The van der Waals surface area contributed by atoms with Gasteiger partial charge in [0.25, 0.3) is 0 Å². The highest BCUT2D eigenvalue weighted by Crippen LogP contribution is 2.46. The Hall–Kier alpha value is -8.28. The Kier molecular flexibility index (Phi) is 8.10. The highest BCUT2D eigenvalue weighted by atomic mass is 15.0. The zero-order chi connectivity index (χ0) is 40.3. The van der Waals surface area contributed by atoms with Crippen LogP contribution < -0.4 is 0 Å². The second-order valence-corrected chi connectivity index (χ2v) is 15.3. The number of hydrogen-bond acceptors (Lipinski definition) is 4. The Labute approximate surface area is 351 Å². The highest BCUT2D eigenvalue weighted by molar-refractivity contribution is 6.30. The molecule has 0 aliphatic rings. The molecule has 9 aromatic carbocycles. The maximum Gasteiger partial charge on any atom is 0.164 e. The van der Waals surface area contributed by atoms with E-state index >= 15 is 0 Å². The summed E-state index contributed by atoms with van der Waals surface area (Å²) in [5.41, 5.74) is 11.5. The van der Waals surface area contributed by atoms with Gasteiger partial charge in [-0.25, -0.2) is 19.9 Å². The summed E-state index contributed by atoms with van der Waals surface area (Å²) in [5.74, 6) is 1.91. The van der Waals surface area contributed by atoms with Gasteiger partial charge < -0.3 is 4.57 Å². The molecule has 0 bridgehead atoms. The average Bonchev–Trinajstić information content (AvgIpc) is 3.69. The van der Waals surface area contributed by atoms with E-state index < -0.39 is 0 Å². The predicted molar refractivity (Wildman–Crippen MR) is 252 cm³/mol. The fraction of sp³-hybridized carbons (Fsp3) is 0. The molecule has 0 amide bonds. The van der Waals surface area contributed by atoms with Crippen LogP contribution in [-0.4, -0.2) is 24.5 Å². The molecule has 12 rings (SSSR count). The quantitative estimate of drug-likeness (QED) is 0.158. The van der Waals surface area contributed by atoms with E-state index in [2.05, 4.69) is 156 Å². The second-order valence-electron chi connectivity index (χ2n) is 15.3. The van der Waals surface area contributed by atoms with Crippen molar-refractivity contribution in [1.29, 1.82) is 0 Å². The number of fused-ring (bicyclic) bond motifs is 8. The van der Waals surface area contributed by atoms with Gasteiger partial charge in [-0.3, -0.25) is 0 Å². The van der Waals surface area contributed by atoms with Crippen LogP contribution in [0.15, 0.2) is 212 Å². The molecule has 0 saturated heterocycles. The Morgan fingerprint density at radius 1 is 0.295 bits per heavy atom. The lowest BCUT2D eigenvalue weighted by atomic mass is 9.92. The molecule has 284 valence electrons. The number of pyridine rings is 1. The number of nitrogens with zero attached hydrogens (tertiary/aromatic N) is 5. The summed E-state index contributed by atoms with van der Waals surface area (Å²) in [4.78, 5) is 20.6. The number of hydrogen-bond donors (Lipinski definition) is 0. The van der Waals surface area contributed by atoms with Gasteiger partial charge >= 0.3 is 0 Å². The number of para-hydroxylation sites is 3. The zero-order valence-electron chi connectivity index (χ0n) is 32.9. The molecule has 3 heterocycles. The molecular formula is C56H35N5. The molecule has 5 heteroatoms. The van der Waals surface area contributed by atoms with Crippen molar-refractivity contribution in [3.05, 3.63) is 212 Å². The number of rotatable bonds is 6. The molecule has 5 nitrogen and oxygen atoms in total. The van der Waals surface area contributed by atoms with Crippen LogP contribution in [0.3, 0.4) is 0 Å². The molecule has 0 unspecified atom stereocenters. The summed E-state index contributed by atoms with van der Waals surface area (Å²) in [6, 6.07) is 74.5. The van der Waals surface area contributed by atoms with Crippen LogP contribution in [0, 0.1) is 0 Å². The van der Waals surface area contributed by atoms with Crippen LogP contribution in [0.4, 0.5) is 0 Å². The molecule has 0 N–H and O–H groups in total. The van der Waals surface area contributed by atoms with Gasteiger partial charge in [0, 0.05) is 55.0 Å². The van der Waals surface area contributed by atoms with E-state index in [4.69, 9.17) is 19.9 Å². The molecule has 0 saturated carbocycles. The van der Waals surface area contributed by atoms with Gasteiger partial charge in [-0.2, -0.15) is 0 Å². The van der Waals surface area contributed by atoms with Gasteiger partial charge in [-0.05, 0) is 52.1 Å². The van der Waals surface area contributed by atoms with Gasteiger partial charge in [-0.1, -0.05) is 182 Å². The molecule has 0 aliphatic carbocycles. The van der Waals surface area contributed by atoms with Gasteiger partial charge in [0.1, 0.15) is 0 Å². The fourth-order valence-electron chi connectivity index (χ4n) is 9.13. The predicted octanol–water partition coefficient (Wildman–Crippen LogP) is 14.2. The monoisotopic (exact) mass is 777 g/mol. The Morgan fingerprint density at radius 2 is 0.820 bits per heavy atom. The van der Waals surface area contributed by atoms with E-state index in [1.54, 1.807) is 0 Å². The smallest absolute Gasteiger partial charge is 0.164 e. The summed E-state index contributed by atoms with van der Waals surface area (Å²) in [6.07, 6.45) is 0. The molecule has 0 spiro atoms. The summed E-state index contributed by atoms with van der Waals surface area (Å²) in [7, 11) is 0. The summed E-state index contributed by atoms with van der Waals surface area (Å²) in [5, 5.41) is 8.01. The Balaban J connectivity index is 1.16. The Bertz CT molecular complexity index is 3560. The molecular weight excluding hydrogens is 743 g/mol. The van der Waals surface area contributed by atoms with Crippen LogP contribution in [0.2, 0.25) is 0 Å². The molecule has 0 radical (unpaired) electrons. The first kappa shape index (κ1) is 34.7. The standard InChI is InChI=1S/C56H35N5/c1-5-18-36(19-6-1)52-51-44(43-28-15-16-31-48(43)57-52)34-35-49-50(51)47-30-17-29-45(53(47)61(49)39-24-11-4-12-25-39)42-32-33-46(41-27-14-13-26-40(41)42)56-59-54(37-20-7-2-8-21-37)58-55(60-56)38-22-9-3-10-23-38/h1-35H. The zero-order valence-corrected chi connectivity index (χ0v) is 32.9. The van der Waals surface area contributed by atoms with Crippen molar-refractivity contribution in [2.75, 3.05) is 0 Å². The van der Waals surface area contributed by atoms with Crippen molar-refractivity contribution in [1.82, 2.24) is 24.5 Å². The largest absolute Gasteiger partial charge is 0.309 e. The SMILES string of the molecule is c1ccc(-c2nc(-c3ccccc3)nc(-c3ccc(-c4cccc5c6c7c(-c8ccccc8)nc8ccccc8c7ccc6n(-c6ccccc6)c45)c4ccccc34)n2)cc1. The van der Waals surface area contributed by atoms with Crippen molar-refractivity contribution in [3.63, 3.8) is 0 Å².